The first-order valence-electron chi connectivity index (χ1n) is 6.83. The third-order valence-corrected chi connectivity index (χ3v) is 4.57. The molecule has 0 aromatic heterocycles. The molecule has 2 rings (SSSR count). The molecule has 1 N–H and O–H groups in total. The molecule has 2 aliphatic rings. The zero-order chi connectivity index (χ0) is 13.9. The minimum absolute atomic E-state index is 0.0210. The van der Waals surface area contributed by atoms with Crippen molar-refractivity contribution in [1.82, 2.24) is 10.2 Å². The number of rotatable bonds is 5. The summed E-state index contributed by atoms with van der Waals surface area (Å²) in [7, 11) is 0. The van der Waals surface area contributed by atoms with Crippen LogP contribution < -0.4 is 5.32 Å². The van der Waals surface area contributed by atoms with Crippen LogP contribution in [0.4, 0.5) is 0 Å². The fourth-order valence-corrected chi connectivity index (χ4v) is 2.75. The highest BCUT2D eigenvalue weighted by atomic mass is 32.1. The van der Waals surface area contributed by atoms with Crippen LogP contribution in [0.1, 0.15) is 26.2 Å². The highest BCUT2D eigenvalue weighted by molar-refractivity contribution is 7.80. The third kappa shape index (κ3) is 3.86. The molecule has 0 bridgehead atoms. The normalized spacial score (nSPS) is 22.7. The number of morpholine rings is 1. The Hall–Kier alpha value is -0.750. The van der Waals surface area contributed by atoms with Crippen molar-refractivity contribution in [2.45, 2.75) is 32.2 Å². The van der Waals surface area contributed by atoms with E-state index in [0.717, 1.165) is 18.6 Å². The van der Waals surface area contributed by atoms with E-state index in [1.54, 1.807) is 11.8 Å². The Kier molecular flexibility index (Phi) is 4.73. The highest BCUT2D eigenvalue weighted by Gasteiger charge is 2.43. The number of carbonyl (C=O) groups is 2. The van der Waals surface area contributed by atoms with Crippen LogP contribution in [0.2, 0.25) is 0 Å². The molecule has 1 atom stereocenters. The minimum atomic E-state index is -0.457. The highest BCUT2D eigenvalue weighted by Crippen LogP contribution is 2.49. The Morgan fingerprint density at radius 3 is 2.53 bits per heavy atom. The van der Waals surface area contributed by atoms with Gasteiger partial charge in [0.25, 0.3) is 0 Å². The van der Waals surface area contributed by atoms with E-state index >= 15 is 0 Å². The summed E-state index contributed by atoms with van der Waals surface area (Å²) in [6, 6.07) is -0.457. The fourth-order valence-electron chi connectivity index (χ4n) is 2.32. The molecule has 0 spiro atoms. The van der Waals surface area contributed by atoms with Crippen molar-refractivity contribution in [3.05, 3.63) is 0 Å². The monoisotopic (exact) mass is 286 g/mol. The number of carbonyl (C=O) groups excluding carboxylic acids is 2. The lowest BCUT2D eigenvalue weighted by atomic mass is 10.0. The van der Waals surface area contributed by atoms with Crippen LogP contribution in [0, 0.1) is 5.41 Å². The van der Waals surface area contributed by atoms with Gasteiger partial charge in [0.05, 0.1) is 13.2 Å². The SMILES string of the molecule is CC(NC(=O)CC1(CS)CC1)C(=O)N1CCOCC1. The van der Waals surface area contributed by atoms with E-state index in [4.69, 9.17) is 4.74 Å². The first-order valence-corrected chi connectivity index (χ1v) is 7.46. The molecule has 0 radical (unpaired) electrons. The Balaban J connectivity index is 1.77. The maximum atomic E-state index is 12.1. The topological polar surface area (TPSA) is 58.6 Å². The second kappa shape index (κ2) is 6.13. The van der Waals surface area contributed by atoms with Gasteiger partial charge in [0.2, 0.25) is 11.8 Å². The number of nitrogens with zero attached hydrogens (tertiary/aromatic N) is 1. The molecule has 1 aliphatic carbocycles. The predicted octanol–water partition coefficient (Wildman–Crippen LogP) is 0.450. The average molecular weight is 286 g/mol. The second-order valence-corrected chi connectivity index (χ2v) is 5.88. The summed E-state index contributed by atoms with van der Waals surface area (Å²) >= 11 is 4.28. The lowest BCUT2D eigenvalue weighted by Crippen LogP contribution is -2.50. The van der Waals surface area contributed by atoms with E-state index < -0.39 is 6.04 Å². The maximum Gasteiger partial charge on any atom is 0.245 e. The Labute approximate surface area is 119 Å². The van der Waals surface area contributed by atoms with Crippen LogP contribution in [0.3, 0.4) is 0 Å². The number of thiol groups is 1. The van der Waals surface area contributed by atoms with Gasteiger partial charge in [-0.25, -0.2) is 0 Å². The van der Waals surface area contributed by atoms with E-state index in [0.29, 0.717) is 32.7 Å². The molecule has 1 saturated heterocycles. The number of ether oxygens (including phenoxy) is 1. The minimum Gasteiger partial charge on any atom is -0.378 e. The molecule has 2 amide bonds. The molecule has 1 unspecified atom stereocenters. The van der Waals surface area contributed by atoms with Crippen molar-refractivity contribution in [3.63, 3.8) is 0 Å². The summed E-state index contributed by atoms with van der Waals surface area (Å²) in [5.74, 6) is 0.680. The van der Waals surface area contributed by atoms with Gasteiger partial charge < -0.3 is 15.0 Å². The largest absolute Gasteiger partial charge is 0.378 e. The number of hydrogen-bond donors (Lipinski definition) is 2. The van der Waals surface area contributed by atoms with Gasteiger partial charge >= 0.3 is 0 Å². The zero-order valence-corrected chi connectivity index (χ0v) is 12.2. The molecule has 2 fully saturated rings. The van der Waals surface area contributed by atoms with Gasteiger partial charge in [-0.05, 0) is 30.9 Å². The van der Waals surface area contributed by atoms with Crippen LogP contribution in [-0.2, 0) is 14.3 Å². The zero-order valence-electron chi connectivity index (χ0n) is 11.4. The van der Waals surface area contributed by atoms with Gasteiger partial charge in [-0.2, -0.15) is 12.6 Å². The Bertz CT molecular complexity index is 352. The van der Waals surface area contributed by atoms with E-state index in [2.05, 4.69) is 17.9 Å². The van der Waals surface area contributed by atoms with E-state index in [1.165, 1.54) is 0 Å². The smallest absolute Gasteiger partial charge is 0.245 e. The lowest BCUT2D eigenvalue weighted by Gasteiger charge is -2.29. The van der Waals surface area contributed by atoms with E-state index in [1.807, 2.05) is 0 Å². The van der Waals surface area contributed by atoms with Gasteiger partial charge in [0.1, 0.15) is 6.04 Å². The molecule has 1 aliphatic heterocycles. The predicted molar refractivity (Wildman–Crippen MR) is 75.1 cm³/mol. The number of nitrogens with one attached hydrogen (secondary N) is 1. The summed E-state index contributed by atoms with van der Waals surface area (Å²) in [5, 5.41) is 2.80. The summed E-state index contributed by atoms with van der Waals surface area (Å²) < 4.78 is 5.21. The Morgan fingerprint density at radius 1 is 1.37 bits per heavy atom. The van der Waals surface area contributed by atoms with Crippen molar-refractivity contribution in [3.8, 4) is 0 Å². The maximum absolute atomic E-state index is 12.1. The van der Waals surface area contributed by atoms with Crippen molar-refractivity contribution in [2.24, 2.45) is 5.41 Å². The molecule has 6 heteroatoms. The van der Waals surface area contributed by atoms with Gasteiger partial charge in [-0.3, -0.25) is 9.59 Å². The van der Waals surface area contributed by atoms with Crippen LogP contribution >= 0.6 is 12.6 Å². The quantitative estimate of drug-likeness (QED) is 0.722. The third-order valence-electron chi connectivity index (χ3n) is 3.90. The van der Waals surface area contributed by atoms with Crippen molar-refractivity contribution >= 4 is 24.4 Å². The summed E-state index contributed by atoms with van der Waals surface area (Å²) in [6.07, 6.45) is 2.61. The van der Waals surface area contributed by atoms with Gasteiger partial charge in [-0.1, -0.05) is 0 Å². The van der Waals surface area contributed by atoms with Crippen molar-refractivity contribution < 1.29 is 14.3 Å². The summed E-state index contributed by atoms with van der Waals surface area (Å²) in [5.41, 5.74) is 0.0922. The molecule has 0 aromatic rings. The van der Waals surface area contributed by atoms with Crippen LogP contribution in [0.5, 0.6) is 0 Å². The van der Waals surface area contributed by atoms with Gasteiger partial charge in [0.15, 0.2) is 0 Å². The molecular weight excluding hydrogens is 264 g/mol. The van der Waals surface area contributed by atoms with Gasteiger partial charge in [0, 0.05) is 19.5 Å². The van der Waals surface area contributed by atoms with E-state index in [9.17, 15) is 9.59 Å². The standard InChI is InChI=1S/C13H22N2O3S/c1-10(12(17)15-4-6-18-7-5-15)14-11(16)8-13(9-19)2-3-13/h10,19H,2-9H2,1H3,(H,14,16). The molecule has 5 nitrogen and oxygen atoms in total. The average Bonchev–Trinajstić information content (AvgIpc) is 3.19. The molecule has 1 saturated carbocycles. The van der Waals surface area contributed by atoms with Crippen LogP contribution in [0.15, 0.2) is 0 Å². The molecular formula is C13H22N2O3S. The molecule has 0 aromatic carbocycles. The molecule has 1 heterocycles. The van der Waals surface area contributed by atoms with Crippen LogP contribution in [-0.4, -0.2) is 54.8 Å². The second-order valence-electron chi connectivity index (χ2n) is 5.56. The van der Waals surface area contributed by atoms with Crippen molar-refractivity contribution in [2.75, 3.05) is 32.1 Å². The Morgan fingerprint density at radius 2 is 2.00 bits per heavy atom. The van der Waals surface area contributed by atoms with Crippen molar-refractivity contribution in [1.29, 1.82) is 0 Å². The van der Waals surface area contributed by atoms with Crippen LogP contribution in [0.25, 0.3) is 0 Å². The summed E-state index contributed by atoms with van der Waals surface area (Å²) in [6.45, 7) is 4.12. The molecule has 19 heavy (non-hydrogen) atoms. The summed E-state index contributed by atoms with van der Waals surface area (Å²) in [4.78, 5) is 25.8. The van der Waals surface area contributed by atoms with Gasteiger partial charge in [-0.15, -0.1) is 0 Å². The first-order chi connectivity index (χ1) is 9.06. The lowest BCUT2D eigenvalue weighted by molar-refractivity contribution is -0.139. The number of hydrogen-bond acceptors (Lipinski definition) is 4. The van der Waals surface area contributed by atoms with E-state index in [-0.39, 0.29) is 17.2 Å². The first kappa shape index (κ1) is 14.7. The fraction of sp³-hybridized carbons (Fsp3) is 0.846. The molecule has 108 valence electrons. The number of amides is 2.